The lowest BCUT2D eigenvalue weighted by Crippen LogP contribution is -2.46. The minimum atomic E-state index is -0.405. The first-order chi connectivity index (χ1) is 10.1. The molecule has 3 rings (SSSR count). The molecule has 0 radical (unpaired) electrons. The molecule has 8 heteroatoms. The van der Waals surface area contributed by atoms with Crippen molar-refractivity contribution < 1.29 is 4.92 Å². The van der Waals surface area contributed by atoms with Crippen LogP contribution in [-0.4, -0.2) is 39.7 Å². The van der Waals surface area contributed by atoms with Crippen LogP contribution in [0.25, 0.3) is 0 Å². The number of aromatic nitrogens is 3. The molecule has 1 unspecified atom stereocenters. The van der Waals surface area contributed by atoms with E-state index in [1.54, 1.807) is 19.2 Å². The summed E-state index contributed by atoms with van der Waals surface area (Å²) in [6.07, 6.45) is 3.67. The number of piperazine rings is 1. The van der Waals surface area contributed by atoms with Gasteiger partial charge in [-0.05, 0) is 13.0 Å². The molecule has 0 aromatic carbocycles. The lowest BCUT2D eigenvalue weighted by Gasteiger charge is -2.34. The molecule has 1 aliphatic heterocycles. The van der Waals surface area contributed by atoms with E-state index >= 15 is 0 Å². The number of nitrogens with zero attached hydrogens (tertiary/aromatic N) is 4. The van der Waals surface area contributed by atoms with E-state index in [0.717, 1.165) is 31.0 Å². The highest BCUT2D eigenvalue weighted by atomic mass is 16.6. The molecule has 3 heterocycles. The first-order valence-electron chi connectivity index (χ1n) is 6.74. The Balaban J connectivity index is 1.80. The lowest BCUT2D eigenvalue weighted by molar-refractivity contribution is -0.385. The predicted octanol–water partition coefficient (Wildman–Crippen LogP) is 1.17. The van der Waals surface area contributed by atoms with E-state index in [1.165, 1.54) is 6.07 Å². The number of hydrogen-bond donors (Lipinski definition) is 2. The van der Waals surface area contributed by atoms with Crippen molar-refractivity contribution in [3.63, 3.8) is 0 Å². The second-order valence-electron chi connectivity index (χ2n) is 5.02. The van der Waals surface area contributed by atoms with Crippen molar-refractivity contribution in [3.05, 3.63) is 45.9 Å². The summed E-state index contributed by atoms with van der Waals surface area (Å²) in [4.78, 5) is 16.9. The van der Waals surface area contributed by atoms with Gasteiger partial charge in [-0.1, -0.05) is 0 Å². The fourth-order valence-electron chi connectivity index (χ4n) is 2.54. The van der Waals surface area contributed by atoms with Gasteiger partial charge in [0.05, 0.1) is 17.2 Å². The Kier molecular flexibility index (Phi) is 3.53. The fourth-order valence-corrected chi connectivity index (χ4v) is 2.54. The number of hydrogen-bond acceptors (Lipinski definition) is 6. The first-order valence-corrected chi connectivity index (χ1v) is 6.74. The quantitative estimate of drug-likeness (QED) is 0.649. The summed E-state index contributed by atoms with van der Waals surface area (Å²) in [6.45, 7) is 4.06. The van der Waals surface area contributed by atoms with Crippen LogP contribution < -0.4 is 10.2 Å². The molecule has 0 bridgehead atoms. The molecule has 110 valence electrons. The van der Waals surface area contributed by atoms with Crippen molar-refractivity contribution in [1.82, 2.24) is 20.5 Å². The highest BCUT2D eigenvalue weighted by Crippen LogP contribution is 2.24. The Morgan fingerprint density at radius 3 is 3.00 bits per heavy atom. The van der Waals surface area contributed by atoms with E-state index < -0.39 is 4.92 Å². The summed E-state index contributed by atoms with van der Waals surface area (Å²) in [5.74, 6) is 0.771. The molecule has 0 aliphatic carbocycles. The number of nitro groups is 1. The van der Waals surface area contributed by atoms with E-state index in [4.69, 9.17) is 0 Å². The summed E-state index contributed by atoms with van der Waals surface area (Å²) >= 11 is 0. The number of nitrogens with one attached hydrogen (secondary N) is 2. The molecule has 0 spiro atoms. The molecule has 0 saturated carbocycles. The average Bonchev–Trinajstić information content (AvgIpc) is 3.01. The Hall–Kier alpha value is -2.48. The normalized spacial score (nSPS) is 18.7. The molecule has 8 nitrogen and oxygen atoms in total. The molecular formula is C13H16N6O2. The van der Waals surface area contributed by atoms with Gasteiger partial charge in [0, 0.05) is 37.5 Å². The molecule has 21 heavy (non-hydrogen) atoms. The second kappa shape index (κ2) is 5.49. The van der Waals surface area contributed by atoms with Gasteiger partial charge >= 0.3 is 0 Å². The van der Waals surface area contributed by atoms with Gasteiger partial charge in [0.1, 0.15) is 11.5 Å². The first kappa shape index (κ1) is 13.5. The van der Waals surface area contributed by atoms with Crippen LogP contribution in [-0.2, 0) is 0 Å². The van der Waals surface area contributed by atoms with E-state index in [9.17, 15) is 10.1 Å². The van der Waals surface area contributed by atoms with E-state index in [1.807, 2.05) is 6.20 Å². The van der Waals surface area contributed by atoms with Crippen LogP contribution in [0.5, 0.6) is 0 Å². The Bertz CT molecular complexity index is 642. The maximum Gasteiger partial charge on any atom is 0.290 e. The maximum atomic E-state index is 10.8. The maximum absolute atomic E-state index is 10.8. The van der Waals surface area contributed by atoms with Gasteiger partial charge in [-0.3, -0.25) is 15.2 Å². The number of aryl methyl sites for hydroxylation is 1. The zero-order valence-corrected chi connectivity index (χ0v) is 11.6. The zero-order chi connectivity index (χ0) is 14.8. The monoisotopic (exact) mass is 288 g/mol. The highest BCUT2D eigenvalue weighted by molar-refractivity contribution is 5.47. The van der Waals surface area contributed by atoms with Crippen LogP contribution in [0.1, 0.15) is 17.3 Å². The Morgan fingerprint density at radius 1 is 1.48 bits per heavy atom. The zero-order valence-electron chi connectivity index (χ0n) is 11.6. The smallest absolute Gasteiger partial charge is 0.290 e. The topological polar surface area (TPSA) is 100.0 Å². The second-order valence-corrected chi connectivity index (χ2v) is 5.02. The van der Waals surface area contributed by atoms with Gasteiger partial charge < -0.3 is 10.2 Å². The lowest BCUT2D eigenvalue weighted by atomic mass is 10.1. The molecule has 1 fully saturated rings. The van der Waals surface area contributed by atoms with Gasteiger partial charge in [-0.15, -0.1) is 0 Å². The minimum absolute atomic E-state index is 0.0558. The molecule has 1 aliphatic rings. The standard InChI is InChI=1S/C13H16N6O2/c1-9-12(19(20)21)2-3-13(17-9)18-5-4-14-11(8-18)10-6-15-16-7-10/h2-3,6-7,11,14H,4-5,8H2,1H3,(H,15,16). The summed E-state index contributed by atoms with van der Waals surface area (Å²) < 4.78 is 0. The van der Waals surface area contributed by atoms with Crippen LogP contribution in [0.15, 0.2) is 24.5 Å². The summed E-state index contributed by atoms with van der Waals surface area (Å²) in [5.41, 5.74) is 1.59. The molecule has 2 aromatic rings. The number of H-pyrrole nitrogens is 1. The van der Waals surface area contributed by atoms with Crippen molar-refractivity contribution in [2.45, 2.75) is 13.0 Å². The van der Waals surface area contributed by atoms with Gasteiger partial charge in [0.15, 0.2) is 0 Å². The highest BCUT2D eigenvalue weighted by Gasteiger charge is 2.23. The van der Waals surface area contributed by atoms with Gasteiger partial charge in [-0.25, -0.2) is 4.98 Å². The molecule has 1 saturated heterocycles. The van der Waals surface area contributed by atoms with Crippen molar-refractivity contribution in [1.29, 1.82) is 0 Å². The summed E-state index contributed by atoms with van der Waals surface area (Å²) in [6, 6.07) is 3.41. The van der Waals surface area contributed by atoms with Crippen LogP contribution in [0, 0.1) is 17.0 Å². The van der Waals surface area contributed by atoms with Crippen LogP contribution >= 0.6 is 0 Å². The van der Waals surface area contributed by atoms with Crippen LogP contribution in [0.3, 0.4) is 0 Å². The van der Waals surface area contributed by atoms with Gasteiger partial charge in [0.2, 0.25) is 0 Å². The summed E-state index contributed by atoms with van der Waals surface area (Å²) in [7, 11) is 0. The van der Waals surface area contributed by atoms with Crippen molar-refractivity contribution in [3.8, 4) is 0 Å². The number of pyridine rings is 1. The number of anilines is 1. The molecule has 2 aromatic heterocycles. The van der Waals surface area contributed by atoms with Crippen molar-refractivity contribution in [2.24, 2.45) is 0 Å². The van der Waals surface area contributed by atoms with Gasteiger partial charge in [-0.2, -0.15) is 5.10 Å². The van der Waals surface area contributed by atoms with Crippen molar-refractivity contribution >= 4 is 11.5 Å². The summed E-state index contributed by atoms with van der Waals surface area (Å²) in [5, 5.41) is 21.1. The van der Waals surface area contributed by atoms with Gasteiger partial charge in [0.25, 0.3) is 5.69 Å². The molecule has 1 atom stereocenters. The molecule has 2 N–H and O–H groups in total. The largest absolute Gasteiger partial charge is 0.353 e. The van der Waals surface area contributed by atoms with Crippen LogP contribution in [0.4, 0.5) is 11.5 Å². The Morgan fingerprint density at radius 2 is 2.33 bits per heavy atom. The van der Waals surface area contributed by atoms with E-state index in [0.29, 0.717) is 5.69 Å². The SMILES string of the molecule is Cc1nc(N2CCNC(c3cn[nH]c3)C2)ccc1[N+](=O)[O-]. The predicted molar refractivity (Wildman–Crippen MR) is 77.2 cm³/mol. The third kappa shape index (κ3) is 2.70. The third-order valence-electron chi connectivity index (χ3n) is 3.66. The van der Waals surface area contributed by atoms with E-state index in [2.05, 4.69) is 25.4 Å². The third-order valence-corrected chi connectivity index (χ3v) is 3.66. The Labute approximate surface area is 121 Å². The van der Waals surface area contributed by atoms with E-state index in [-0.39, 0.29) is 11.7 Å². The number of rotatable bonds is 3. The number of aromatic amines is 1. The average molecular weight is 288 g/mol. The fraction of sp³-hybridized carbons (Fsp3) is 0.385. The minimum Gasteiger partial charge on any atom is -0.353 e. The molecule has 0 amide bonds. The molecular weight excluding hydrogens is 272 g/mol. The van der Waals surface area contributed by atoms with Crippen LogP contribution in [0.2, 0.25) is 0 Å². The van der Waals surface area contributed by atoms with Crippen molar-refractivity contribution in [2.75, 3.05) is 24.5 Å².